The van der Waals surface area contributed by atoms with Crippen molar-refractivity contribution in [3.8, 4) is 0 Å². The van der Waals surface area contributed by atoms with Crippen LogP contribution in [0.15, 0.2) is 10.3 Å². The van der Waals surface area contributed by atoms with Crippen molar-refractivity contribution in [3.05, 3.63) is 15.8 Å². The molecule has 120 valence electrons. The van der Waals surface area contributed by atoms with E-state index in [1.807, 2.05) is 25.5 Å². The molecule has 4 nitrogen and oxygen atoms in total. The van der Waals surface area contributed by atoms with E-state index in [4.69, 9.17) is 0 Å². The van der Waals surface area contributed by atoms with E-state index < -0.39 is 10.0 Å². The maximum Gasteiger partial charge on any atom is 0.242 e. The molecule has 1 aromatic rings. The van der Waals surface area contributed by atoms with Gasteiger partial charge in [0, 0.05) is 23.5 Å². The first-order valence-electron chi connectivity index (χ1n) is 7.25. The molecular weight excluding hydrogens is 324 g/mol. The largest absolute Gasteiger partial charge is 0.309 e. The molecule has 0 aliphatic heterocycles. The van der Waals surface area contributed by atoms with Crippen molar-refractivity contribution in [3.63, 3.8) is 0 Å². The van der Waals surface area contributed by atoms with E-state index in [0.29, 0.717) is 17.5 Å². The molecule has 1 aliphatic carbocycles. The molecule has 21 heavy (non-hydrogen) atoms. The number of sulfonamides is 1. The zero-order chi connectivity index (χ0) is 15.5. The van der Waals surface area contributed by atoms with Crippen molar-refractivity contribution in [2.45, 2.75) is 56.6 Å². The van der Waals surface area contributed by atoms with Crippen LogP contribution in [0.1, 0.15) is 36.6 Å². The Kier molecular flexibility index (Phi) is 6.14. The van der Waals surface area contributed by atoms with E-state index in [9.17, 15) is 8.42 Å². The van der Waals surface area contributed by atoms with Gasteiger partial charge in [-0.15, -0.1) is 11.3 Å². The Hall–Kier alpha value is -0.0800. The molecule has 0 amide bonds. The van der Waals surface area contributed by atoms with E-state index in [1.54, 1.807) is 11.8 Å². The van der Waals surface area contributed by atoms with Gasteiger partial charge in [-0.1, -0.05) is 0 Å². The molecular formula is C14H24N2O2S3. The highest BCUT2D eigenvalue weighted by atomic mass is 32.2. The molecule has 1 atom stereocenters. The maximum absolute atomic E-state index is 12.6. The molecule has 1 saturated carbocycles. The van der Waals surface area contributed by atoms with Gasteiger partial charge in [-0.2, -0.15) is 11.8 Å². The Morgan fingerprint density at radius 2 is 2.19 bits per heavy atom. The zero-order valence-corrected chi connectivity index (χ0v) is 15.3. The molecule has 0 aromatic carbocycles. The molecule has 0 radical (unpaired) electrons. The van der Waals surface area contributed by atoms with Crippen molar-refractivity contribution < 1.29 is 8.42 Å². The Labute approximate surface area is 136 Å². The Morgan fingerprint density at radius 3 is 2.81 bits per heavy atom. The number of thioether (sulfide) groups is 1. The van der Waals surface area contributed by atoms with Crippen LogP contribution >= 0.6 is 23.1 Å². The van der Waals surface area contributed by atoms with Crippen LogP contribution in [0.4, 0.5) is 0 Å². The molecule has 7 heteroatoms. The van der Waals surface area contributed by atoms with Gasteiger partial charge in [0.25, 0.3) is 0 Å². The summed E-state index contributed by atoms with van der Waals surface area (Å²) < 4.78 is 28.1. The van der Waals surface area contributed by atoms with E-state index in [1.165, 1.54) is 24.2 Å². The van der Waals surface area contributed by atoms with Gasteiger partial charge in [0.2, 0.25) is 10.0 Å². The van der Waals surface area contributed by atoms with Crippen molar-refractivity contribution in [2.24, 2.45) is 0 Å². The van der Waals surface area contributed by atoms with Gasteiger partial charge in [0.15, 0.2) is 0 Å². The van der Waals surface area contributed by atoms with Gasteiger partial charge < -0.3 is 5.32 Å². The van der Waals surface area contributed by atoms with Crippen LogP contribution in [0.2, 0.25) is 0 Å². The predicted molar refractivity (Wildman–Crippen MR) is 91.7 cm³/mol. The summed E-state index contributed by atoms with van der Waals surface area (Å²) >= 11 is 3.27. The van der Waals surface area contributed by atoms with Gasteiger partial charge in [-0.25, -0.2) is 13.1 Å². The summed E-state index contributed by atoms with van der Waals surface area (Å²) in [6, 6.07) is 0.544. The average molecular weight is 349 g/mol. The van der Waals surface area contributed by atoms with Gasteiger partial charge in [0.1, 0.15) is 4.90 Å². The van der Waals surface area contributed by atoms with Crippen molar-refractivity contribution in [2.75, 3.05) is 12.0 Å². The van der Waals surface area contributed by atoms with E-state index in [0.717, 1.165) is 22.6 Å². The molecule has 0 bridgehead atoms. The monoisotopic (exact) mass is 348 g/mol. The van der Waals surface area contributed by atoms with E-state index in [2.05, 4.69) is 10.0 Å². The van der Waals surface area contributed by atoms with Gasteiger partial charge in [-0.3, -0.25) is 0 Å². The van der Waals surface area contributed by atoms with Crippen molar-refractivity contribution in [1.29, 1.82) is 0 Å². The summed E-state index contributed by atoms with van der Waals surface area (Å²) in [7, 11) is -3.42. The third-order valence-corrected chi connectivity index (χ3v) is 7.19. The summed E-state index contributed by atoms with van der Waals surface area (Å²) in [5, 5.41) is 5.34. The lowest BCUT2D eigenvalue weighted by molar-refractivity contribution is 0.555. The Bertz CT molecular complexity index is 565. The fraction of sp³-hybridized carbons (Fsp3) is 0.714. The van der Waals surface area contributed by atoms with Crippen LogP contribution < -0.4 is 10.0 Å². The second-order valence-electron chi connectivity index (χ2n) is 5.63. The smallest absolute Gasteiger partial charge is 0.242 e. The minimum atomic E-state index is -3.42. The van der Waals surface area contributed by atoms with Crippen LogP contribution in [0, 0.1) is 6.92 Å². The third kappa shape index (κ3) is 4.96. The average Bonchev–Trinajstić information content (AvgIpc) is 3.16. The molecule has 1 unspecified atom stereocenters. The van der Waals surface area contributed by atoms with E-state index >= 15 is 0 Å². The fourth-order valence-electron chi connectivity index (χ4n) is 2.17. The van der Waals surface area contributed by atoms with Gasteiger partial charge in [0.05, 0.1) is 0 Å². The molecule has 1 aliphatic rings. The van der Waals surface area contributed by atoms with Crippen LogP contribution in [0.3, 0.4) is 0 Å². The van der Waals surface area contributed by atoms with E-state index in [-0.39, 0.29) is 6.04 Å². The first kappa shape index (κ1) is 17.3. The highest BCUT2D eigenvalue weighted by Gasteiger charge is 2.26. The lowest BCUT2D eigenvalue weighted by Gasteiger charge is -2.15. The van der Waals surface area contributed by atoms with Crippen LogP contribution in [-0.4, -0.2) is 32.5 Å². The normalized spacial score (nSPS) is 17.1. The Morgan fingerprint density at radius 1 is 1.48 bits per heavy atom. The number of hydrogen-bond donors (Lipinski definition) is 2. The minimum absolute atomic E-state index is 0.0361. The second-order valence-corrected chi connectivity index (χ2v) is 9.23. The summed E-state index contributed by atoms with van der Waals surface area (Å²) in [5.41, 5.74) is 0.845. The minimum Gasteiger partial charge on any atom is -0.309 e. The predicted octanol–water partition coefficient (Wildman–Crippen LogP) is 2.73. The first-order valence-corrected chi connectivity index (χ1v) is 11.0. The van der Waals surface area contributed by atoms with Crippen molar-refractivity contribution in [1.82, 2.24) is 10.0 Å². The standard InChI is InChI=1S/C14H24N2O2S3/c1-10-9-20-13(8-15-12-4-5-12)14(10)21(17,18)16-11(2)6-7-19-3/h9,11-12,15-16H,4-8H2,1-3H3. The number of nitrogens with one attached hydrogen (secondary N) is 2. The fourth-order valence-corrected chi connectivity index (χ4v) is 5.80. The number of hydrogen-bond acceptors (Lipinski definition) is 5. The molecule has 1 heterocycles. The second kappa shape index (κ2) is 7.46. The SMILES string of the molecule is CSCCC(C)NS(=O)(=O)c1c(C)csc1CNC1CC1. The molecule has 1 fully saturated rings. The number of thiophene rings is 1. The summed E-state index contributed by atoms with van der Waals surface area (Å²) in [6.07, 6.45) is 5.29. The first-order chi connectivity index (χ1) is 9.94. The topological polar surface area (TPSA) is 58.2 Å². The Balaban J connectivity index is 2.08. The highest BCUT2D eigenvalue weighted by molar-refractivity contribution is 7.98. The molecule has 1 aromatic heterocycles. The molecule has 0 saturated heterocycles. The lowest BCUT2D eigenvalue weighted by atomic mass is 10.3. The number of rotatable bonds is 9. The number of aryl methyl sites for hydroxylation is 1. The molecule has 0 spiro atoms. The third-order valence-electron chi connectivity index (χ3n) is 3.50. The highest BCUT2D eigenvalue weighted by Crippen LogP contribution is 2.28. The zero-order valence-electron chi connectivity index (χ0n) is 12.8. The maximum atomic E-state index is 12.6. The molecule has 2 N–H and O–H groups in total. The van der Waals surface area contributed by atoms with Crippen LogP contribution in [-0.2, 0) is 16.6 Å². The van der Waals surface area contributed by atoms with Crippen molar-refractivity contribution >= 4 is 33.1 Å². The lowest BCUT2D eigenvalue weighted by Crippen LogP contribution is -2.34. The van der Waals surface area contributed by atoms with Crippen LogP contribution in [0.5, 0.6) is 0 Å². The van der Waals surface area contributed by atoms with Gasteiger partial charge in [-0.05, 0) is 56.1 Å². The molecule has 2 rings (SSSR count). The van der Waals surface area contributed by atoms with Crippen LogP contribution in [0.25, 0.3) is 0 Å². The van der Waals surface area contributed by atoms with Gasteiger partial charge >= 0.3 is 0 Å². The summed E-state index contributed by atoms with van der Waals surface area (Å²) in [5.74, 6) is 0.961. The summed E-state index contributed by atoms with van der Waals surface area (Å²) in [6.45, 7) is 4.45. The quantitative estimate of drug-likeness (QED) is 0.720. The summed E-state index contributed by atoms with van der Waals surface area (Å²) in [4.78, 5) is 1.40.